The van der Waals surface area contributed by atoms with Gasteiger partial charge in [0.2, 0.25) is 5.88 Å². The molecule has 0 aliphatic rings. The predicted octanol–water partition coefficient (Wildman–Crippen LogP) is 4.95. The number of fused-ring (bicyclic) bond motifs is 1. The lowest BCUT2D eigenvalue weighted by molar-refractivity contribution is 0.460. The van der Waals surface area contributed by atoms with Crippen LogP contribution < -0.4 is 4.74 Å². The first-order valence-electron chi connectivity index (χ1n) is 5.56. The van der Waals surface area contributed by atoms with Gasteiger partial charge in [-0.3, -0.25) is 4.98 Å². The number of nitrogens with zero attached hydrogens (tertiary/aromatic N) is 2. The molecular weight excluding hydrogens is 372 g/mol. The second kappa shape index (κ2) is 5.27. The smallest absolute Gasteiger partial charge is 0.233 e. The summed E-state index contributed by atoms with van der Waals surface area (Å²) in [6.07, 6.45) is 3.46. The topological polar surface area (TPSA) is 35.0 Å². The van der Waals surface area contributed by atoms with E-state index in [1.54, 1.807) is 12.4 Å². The SMILES string of the molecule is Brc1cnc(Oc2ccc3cccnc3c2)c(Br)c1. The average Bonchev–Trinajstić information content (AvgIpc) is 2.42. The number of hydrogen-bond donors (Lipinski definition) is 0. The zero-order chi connectivity index (χ0) is 13.2. The van der Waals surface area contributed by atoms with Crippen molar-refractivity contribution >= 4 is 42.8 Å². The summed E-state index contributed by atoms with van der Waals surface area (Å²) < 4.78 is 7.44. The number of aromatic nitrogens is 2. The van der Waals surface area contributed by atoms with Gasteiger partial charge in [0, 0.05) is 28.3 Å². The molecule has 94 valence electrons. The van der Waals surface area contributed by atoms with Crippen LogP contribution in [0, 0.1) is 0 Å². The maximum absolute atomic E-state index is 5.75. The minimum absolute atomic E-state index is 0.526. The van der Waals surface area contributed by atoms with Gasteiger partial charge in [0.25, 0.3) is 0 Å². The van der Waals surface area contributed by atoms with Crippen LogP contribution in [0.3, 0.4) is 0 Å². The van der Waals surface area contributed by atoms with E-state index in [0.717, 1.165) is 19.8 Å². The summed E-state index contributed by atoms with van der Waals surface area (Å²) in [7, 11) is 0. The molecule has 2 heterocycles. The van der Waals surface area contributed by atoms with Gasteiger partial charge in [0.1, 0.15) is 5.75 Å². The summed E-state index contributed by atoms with van der Waals surface area (Å²) in [6.45, 7) is 0. The van der Waals surface area contributed by atoms with Gasteiger partial charge in [-0.25, -0.2) is 4.98 Å². The summed E-state index contributed by atoms with van der Waals surface area (Å²) in [4.78, 5) is 8.52. The number of benzene rings is 1. The van der Waals surface area contributed by atoms with Crippen LogP contribution in [0.15, 0.2) is 57.7 Å². The Morgan fingerprint density at radius 1 is 1.00 bits per heavy atom. The lowest BCUT2D eigenvalue weighted by atomic mass is 10.2. The Bertz CT molecular complexity index is 746. The Balaban J connectivity index is 1.96. The molecule has 5 heteroatoms. The van der Waals surface area contributed by atoms with Gasteiger partial charge in [-0.2, -0.15) is 0 Å². The Morgan fingerprint density at radius 2 is 1.89 bits per heavy atom. The number of hydrogen-bond acceptors (Lipinski definition) is 3. The van der Waals surface area contributed by atoms with Crippen molar-refractivity contribution in [1.29, 1.82) is 0 Å². The van der Waals surface area contributed by atoms with E-state index in [9.17, 15) is 0 Å². The van der Waals surface area contributed by atoms with Gasteiger partial charge >= 0.3 is 0 Å². The van der Waals surface area contributed by atoms with E-state index < -0.39 is 0 Å². The lowest BCUT2D eigenvalue weighted by Gasteiger charge is -2.07. The molecule has 0 unspecified atom stereocenters. The number of halogens is 2. The Morgan fingerprint density at radius 3 is 2.74 bits per heavy atom. The van der Waals surface area contributed by atoms with Gasteiger partial charge < -0.3 is 4.74 Å². The van der Waals surface area contributed by atoms with Crippen LogP contribution in [0.25, 0.3) is 10.9 Å². The summed E-state index contributed by atoms with van der Waals surface area (Å²) in [5, 5.41) is 1.08. The van der Waals surface area contributed by atoms with Crippen molar-refractivity contribution in [3.63, 3.8) is 0 Å². The normalized spacial score (nSPS) is 10.6. The van der Waals surface area contributed by atoms with Crippen LogP contribution in [0.5, 0.6) is 11.6 Å². The number of pyridine rings is 2. The zero-order valence-electron chi connectivity index (χ0n) is 9.68. The highest BCUT2D eigenvalue weighted by atomic mass is 79.9. The monoisotopic (exact) mass is 378 g/mol. The predicted molar refractivity (Wildman–Crippen MR) is 81.5 cm³/mol. The van der Waals surface area contributed by atoms with E-state index in [0.29, 0.717) is 11.6 Å². The first-order valence-corrected chi connectivity index (χ1v) is 7.15. The van der Waals surface area contributed by atoms with Crippen LogP contribution in [0.1, 0.15) is 0 Å². The van der Waals surface area contributed by atoms with Gasteiger partial charge in [-0.1, -0.05) is 6.07 Å². The minimum Gasteiger partial charge on any atom is -0.438 e. The fourth-order valence-electron chi connectivity index (χ4n) is 1.70. The highest BCUT2D eigenvalue weighted by molar-refractivity contribution is 9.11. The Kier molecular flexibility index (Phi) is 3.48. The molecule has 19 heavy (non-hydrogen) atoms. The summed E-state index contributed by atoms with van der Waals surface area (Å²) in [5.74, 6) is 1.24. The molecule has 0 saturated carbocycles. The van der Waals surface area contributed by atoms with Crippen molar-refractivity contribution in [3.8, 4) is 11.6 Å². The van der Waals surface area contributed by atoms with Crippen LogP contribution in [0.4, 0.5) is 0 Å². The van der Waals surface area contributed by atoms with Crippen LogP contribution in [-0.4, -0.2) is 9.97 Å². The quantitative estimate of drug-likeness (QED) is 0.632. The van der Waals surface area contributed by atoms with Crippen molar-refractivity contribution in [2.75, 3.05) is 0 Å². The standard InChI is InChI=1S/C14H8Br2N2O/c15-10-6-12(16)14(18-8-10)19-11-4-3-9-2-1-5-17-13(9)7-11/h1-8H. The third kappa shape index (κ3) is 2.77. The molecule has 0 radical (unpaired) electrons. The maximum atomic E-state index is 5.75. The minimum atomic E-state index is 0.526. The average molecular weight is 380 g/mol. The Hall–Kier alpha value is -1.46. The molecule has 3 nitrogen and oxygen atoms in total. The zero-order valence-corrected chi connectivity index (χ0v) is 12.8. The van der Waals surface area contributed by atoms with Crippen LogP contribution in [-0.2, 0) is 0 Å². The molecule has 0 aliphatic carbocycles. The third-order valence-electron chi connectivity index (χ3n) is 2.57. The second-order valence-electron chi connectivity index (χ2n) is 3.90. The fourth-order valence-corrected chi connectivity index (χ4v) is 2.77. The van der Waals surface area contributed by atoms with Gasteiger partial charge in [-0.15, -0.1) is 0 Å². The highest BCUT2D eigenvalue weighted by Gasteiger charge is 2.06. The Labute approximate surface area is 126 Å². The van der Waals surface area contributed by atoms with Gasteiger partial charge in [0.15, 0.2) is 0 Å². The van der Waals surface area contributed by atoms with Crippen molar-refractivity contribution in [2.24, 2.45) is 0 Å². The lowest BCUT2D eigenvalue weighted by Crippen LogP contribution is -1.89. The van der Waals surface area contributed by atoms with Crippen molar-refractivity contribution < 1.29 is 4.74 Å². The van der Waals surface area contributed by atoms with Crippen LogP contribution >= 0.6 is 31.9 Å². The molecule has 3 aromatic rings. The molecule has 0 N–H and O–H groups in total. The van der Waals surface area contributed by atoms with E-state index in [2.05, 4.69) is 41.8 Å². The van der Waals surface area contributed by atoms with Gasteiger partial charge in [-0.05, 0) is 56.1 Å². The first kappa shape index (κ1) is 12.6. The summed E-state index contributed by atoms with van der Waals surface area (Å²) in [6, 6.07) is 11.6. The largest absolute Gasteiger partial charge is 0.438 e. The molecule has 0 aliphatic heterocycles. The van der Waals surface area contributed by atoms with E-state index in [1.165, 1.54) is 0 Å². The fraction of sp³-hybridized carbons (Fsp3) is 0. The molecule has 2 aromatic heterocycles. The third-order valence-corrected chi connectivity index (χ3v) is 3.57. The first-order chi connectivity index (χ1) is 9.22. The maximum Gasteiger partial charge on any atom is 0.233 e. The number of rotatable bonds is 2. The van der Waals surface area contributed by atoms with Gasteiger partial charge in [0.05, 0.1) is 9.99 Å². The summed E-state index contributed by atoms with van der Waals surface area (Å²) >= 11 is 6.78. The molecule has 0 spiro atoms. The second-order valence-corrected chi connectivity index (χ2v) is 5.67. The molecule has 1 aromatic carbocycles. The molecular formula is C14H8Br2N2O. The number of ether oxygens (including phenoxy) is 1. The van der Waals surface area contributed by atoms with Crippen LogP contribution in [0.2, 0.25) is 0 Å². The summed E-state index contributed by atoms with van der Waals surface area (Å²) in [5.41, 5.74) is 0.897. The molecule has 0 atom stereocenters. The van der Waals surface area contributed by atoms with Crippen molar-refractivity contribution in [1.82, 2.24) is 9.97 Å². The van der Waals surface area contributed by atoms with E-state index in [1.807, 2.05) is 36.4 Å². The molecule has 0 bridgehead atoms. The van der Waals surface area contributed by atoms with E-state index >= 15 is 0 Å². The van der Waals surface area contributed by atoms with Crippen molar-refractivity contribution in [2.45, 2.75) is 0 Å². The molecule has 0 saturated heterocycles. The highest BCUT2D eigenvalue weighted by Crippen LogP contribution is 2.30. The van der Waals surface area contributed by atoms with E-state index in [4.69, 9.17) is 4.74 Å². The molecule has 0 amide bonds. The van der Waals surface area contributed by atoms with E-state index in [-0.39, 0.29) is 0 Å². The molecule has 3 rings (SSSR count). The molecule has 0 fully saturated rings. The van der Waals surface area contributed by atoms with Crippen molar-refractivity contribution in [3.05, 3.63) is 57.7 Å².